The first-order valence-electron chi connectivity index (χ1n) is 15.9. The van der Waals surface area contributed by atoms with Crippen molar-refractivity contribution in [3.8, 4) is 22.3 Å². The number of unbranched alkanes of at least 4 members (excludes halogenated alkanes) is 1. The number of piperazine rings is 1. The van der Waals surface area contributed by atoms with E-state index < -0.39 is 24.0 Å². The summed E-state index contributed by atoms with van der Waals surface area (Å²) in [5.41, 5.74) is 5.41. The summed E-state index contributed by atoms with van der Waals surface area (Å²) in [6.07, 6.45) is -2.26. The highest BCUT2D eigenvalue weighted by Crippen LogP contribution is 2.51. The van der Waals surface area contributed by atoms with Crippen LogP contribution >= 0.6 is 0 Å². The van der Waals surface area contributed by atoms with Crippen molar-refractivity contribution < 1.29 is 22.8 Å². The van der Waals surface area contributed by atoms with E-state index >= 15 is 0 Å². The Morgan fingerprint density at radius 3 is 1.87 bits per heavy atom. The Labute approximate surface area is 268 Å². The van der Waals surface area contributed by atoms with E-state index in [1.54, 1.807) is 0 Å². The number of carbonyl (C=O) groups is 2. The molecule has 8 heteroatoms. The van der Waals surface area contributed by atoms with Crippen molar-refractivity contribution in [3.63, 3.8) is 0 Å². The molecule has 1 fully saturated rings. The SMILES string of the molecule is O=C(Cc1ccc(-c2ccccc2)cc1)N1CCN(CCCCC2(C(=O)NCC(F)(F)F)c3ccccc3-c3ccccc32)CC1. The molecule has 0 spiro atoms. The van der Waals surface area contributed by atoms with Gasteiger partial charge < -0.3 is 10.2 Å². The molecule has 1 saturated heterocycles. The third-order valence-corrected chi connectivity index (χ3v) is 9.32. The van der Waals surface area contributed by atoms with Crippen LogP contribution in [0.25, 0.3) is 22.3 Å². The summed E-state index contributed by atoms with van der Waals surface area (Å²) in [4.78, 5) is 31.0. The summed E-state index contributed by atoms with van der Waals surface area (Å²) in [6, 6.07) is 33.4. The standard InChI is InChI=1S/C38H38F3N3O2/c39-38(40,41)27-42-36(46)37(33-14-6-4-12-31(33)32-13-5-7-15-34(32)37)20-8-9-21-43-22-24-44(25-23-43)35(45)26-28-16-18-30(19-17-28)29-10-2-1-3-11-29/h1-7,10-19H,8-9,20-27H2,(H,42,46). The highest BCUT2D eigenvalue weighted by atomic mass is 19.4. The molecule has 1 heterocycles. The van der Waals surface area contributed by atoms with Gasteiger partial charge in [0.2, 0.25) is 11.8 Å². The maximum atomic E-state index is 13.7. The first-order chi connectivity index (χ1) is 22.2. The maximum Gasteiger partial charge on any atom is 0.405 e. The first-order valence-corrected chi connectivity index (χ1v) is 15.9. The van der Waals surface area contributed by atoms with Crippen LogP contribution in [0.4, 0.5) is 13.2 Å². The molecule has 0 atom stereocenters. The van der Waals surface area contributed by atoms with Gasteiger partial charge in [-0.3, -0.25) is 14.5 Å². The second-order valence-electron chi connectivity index (χ2n) is 12.2. The van der Waals surface area contributed by atoms with Gasteiger partial charge in [-0.05, 0) is 58.3 Å². The van der Waals surface area contributed by atoms with Crippen molar-refractivity contribution in [2.24, 2.45) is 0 Å². The second-order valence-corrected chi connectivity index (χ2v) is 12.2. The number of rotatable bonds is 10. The van der Waals surface area contributed by atoms with Crippen molar-refractivity contribution >= 4 is 11.8 Å². The molecule has 1 aliphatic heterocycles. The average molecular weight is 626 g/mol. The van der Waals surface area contributed by atoms with Gasteiger partial charge >= 0.3 is 6.18 Å². The number of benzene rings is 4. The van der Waals surface area contributed by atoms with Gasteiger partial charge in [-0.15, -0.1) is 0 Å². The number of hydrogen-bond acceptors (Lipinski definition) is 3. The third kappa shape index (κ3) is 6.72. The Bertz CT molecular complexity index is 1620. The van der Waals surface area contributed by atoms with Crippen molar-refractivity contribution in [3.05, 3.63) is 120 Å². The molecular weight excluding hydrogens is 587 g/mol. The number of nitrogens with zero attached hydrogens (tertiary/aromatic N) is 2. The van der Waals surface area contributed by atoms with Crippen molar-refractivity contribution in [2.75, 3.05) is 39.3 Å². The number of amides is 2. The predicted octanol–water partition coefficient (Wildman–Crippen LogP) is 6.86. The Hall–Kier alpha value is -4.43. The Morgan fingerprint density at radius 2 is 1.26 bits per heavy atom. The van der Waals surface area contributed by atoms with Crippen LogP contribution in [0.1, 0.15) is 36.0 Å². The van der Waals surface area contributed by atoms with E-state index in [2.05, 4.69) is 34.5 Å². The van der Waals surface area contributed by atoms with Gasteiger partial charge in [0.15, 0.2) is 0 Å². The lowest BCUT2D eigenvalue weighted by molar-refractivity contribution is -0.141. The van der Waals surface area contributed by atoms with E-state index in [9.17, 15) is 22.8 Å². The number of alkyl halides is 3. The Kier molecular flexibility index (Phi) is 9.27. The lowest BCUT2D eigenvalue weighted by Gasteiger charge is -2.35. The molecule has 238 valence electrons. The van der Waals surface area contributed by atoms with E-state index in [-0.39, 0.29) is 5.91 Å². The molecule has 0 aromatic heterocycles. The topological polar surface area (TPSA) is 52.7 Å². The second kappa shape index (κ2) is 13.5. The molecule has 4 aromatic rings. The average Bonchev–Trinajstić information content (AvgIpc) is 3.37. The molecule has 4 aromatic carbocycles. The van der Waals surface area contributed by atoms with Gasteiger partial charge in [0, 0.05) is 26.2 Å². The molecule has 2 aliphatic rings. The van der Waals surface area contributed by atoms with Crippen LogP contribution in [0.15, 0.2) is 103 Å². The fraction of sp³-hybridized carbons (Fsp3) is 0.316. The summed E-state index contributed by atoms with van der Waals surface area (Å²) in [7, 11) is 0. The number of fused-ring (bicyclic) bond motifs is 3. The molecule has 1 N–H and O–H groups in total. The molecule has 0 bridgehead atoms. The van der Waals surface area contributed by atoms with Gasteiger partial charge in [-0.25, -0.2) is 0 Å². The van der Waals surface area contributed by atoms with Crippen LogP contribution in [-0.4, -0.2) is 67.1 Å². The van der Waals surface area contributed by atoms with Crippen LogP contribution in [0, 0.1) is 0 Å². The molecule has 1 aliphatic carbocycles. The van der Waals surface area contributed by atoms with Crippen LogP contribution in [0.3, 0.4) is 0 Å². The zero-order valence-corrected chi connectivity index (χ0v) is 25.7. The van der Waals surface area contributed by atoms with Gasteiger partial charge in [-0.2, -0.15) is 13.2 Å². The molecule has 2 amide bonds. The highest BCUT2D eigenvalue weighted by Gasteiger charge is 2.49. The van der Waals surface area contributed by atoms with E-state index in [1.165, 1.54) is 0 Å². The van der Waals surface area contributed by atoms with Crippen LogP contribution in [0.2, 0.25) is 0 Å². The number of hydrogen-bond donors (Lipinski definition) is 1. The minimum Gasteiger partial charge on any atom is -0.346 e. The third-order valence-electron chi connectivity index (χ3n) is 9.32. The molecular formula is C38H38F3N3O2. The minimum atomic E-state index is -4.50. The van der Waals surface area contributed by atoms with E-state index in [0.717, 1.165) is 65.0 Å². The summed E-state index contributed by atoms with van der Waals surface area (Å²) < 4.78 is 39.4. The highest BCUT2D eigenvalue weighted by molar-refractivity contribution is 6.00. The fourth-order valence-corrected chi connectivity index (χ4v) is 6.96. The number of carbonyl (C=O) groups excluding carboxylic acids is 2. The molecule has 5 nitrogen and oxygen atoms in total. The van der Waals surface area contributed by atoms with Gasteiger partial charge in [0.05, 0.1) is 6.42 Å². The zero-order chi connectivity index (χ0) is 32.1. The van der Waals surface area contributed by atoms with E-state index in [1.807, 2.05) is 83.8 Å². The number of nitrogens with one attached hydrogen (secondary N) is 1. The largest absolute Gasteiger partial charge is 0.405 e. The van der Waals surface area contributed by atoms with Gasteiger partial charge in [-0.1, -0.05) is 110 Å². The molecule has 6 rings (SSSR count). The van der Waals surface area contributed by atoms with Crippen LogP contribution < -0.4 is 5.32 Å². The molecule has 0 unspecified atom stereocenters. The summed E-state index contributed by atoms with van der Waals surface area (Å²) in [5, 5.41) is 2.21. The van der Waals surface area contributed by atoms with E-state index in [0.29, 0.717) is 32.4 Å². The van der Waals surface area contributed by atoms with Crippen molar-refractivity contribution in [1.82, 2.24) is 15.1 Å². The molecule has 46 heavy (non-hydrogen) atoms. The lowest BCUT2D eigenvalue weighted by Crippen LogP contribution is -2.49. The monoisotopic (exact) mass is 625 g/mol. The summed E-state index contributed by atoms with van der Waals surface area (Å²) >= 11 is 0. The Balaban J connectivity index is 1.03. The van der Waals surface area contributed by atoms with Crippen LogP contribution in [0.5, 0.6) is 0 Å². The minimum absolute atomic E-state index is 0.123. The van der Waals surface area contributed by atoms with Crippen molar-refractivity contribution in [2.45, 2.75) is 37.3 Å². The fourth-order valence-electron chi connectivity index (χ4n) is 6.96. The van der Waals surface area contributed by atoms with Crippen molar-refractivity contribution in [1.29, 1.82) is 0 Å². The maximum absolute atomic E-state index is 13.7. The molecule has 0 radical (unpaired) electrons. The zero-order valence-electron chi connectivity index (χ0n) is 25.7. The quantitative estimate of drug-likeness (QED) is 0.196. The normalized spacial score (nSPS) is 15.7. The van der Waals surface area contributed by atoms with Gasteiger partial charge in [0.1, 0.15) is 12.0 Å². The van der Waals surface area contributed by atoms with E-state index in [4.69, 9.17) is 0 Å². The number of halogens is 3. The summed E-state index contributed by atoms with van der Waals surface area (Å²) in [5.74, 6) is -0.485. The Morgan fingerprint density at radius 1 is 0.696 bits per heavy atom. The first kappa shape index (κ1) is 31.5. The smallest absolute Gasteiger partial charge is 0.346 e. The van der Waals surface area contributed by atoms with Crippen LogP contribution in [-0.2, 0) is 21.4 Å². The predicted molar refractivity (Wildman–Crippen MR) is 174 cm³/mol. The lowest BCUT2D eigenvalue weighted by atomic mass is 9.73. The van der Waals surface area contributed by atoms with Gasteiger partial charge in [0.25, 0.3) is 0 Å². The molecule has 0 saturated carbocycles. The summed E-state index contributed by atoms with van der Waals surface area (Å²) in [6.45, 7) is 2.28.